The molecule has 2 aromatic heterocycles. The van der Waals surface area contributed by atoms with Crippen LogP contribution in [0, 0.1) is 41.5 Å². The normalized spacial score (nSPS) is 15.7. The van der Waals surface area contributed by atoms with Gasteiger partial charge in [-0.3, -0.25) is 0 Å². The van der Waals surface area contributed by atoms with E-state index >= 15 is 0 Å². The molecule has 1 unspecified atom stereocenters. The summed E-state index contributed by atoms with van der Waals surface area (Å²) in [7, 11) is 0. The third-order valence-corrected chi connectivity index (χ3v) is 18.4. The van der Waals surface area contributed by atoms with Gasteiger partial charge in [-0.05, 0) is 184 Å². The molecule has 0 aliphatic heterocycles. The molecule has 0 amide bonds. The lowest BCUT2D eigenvalue weighted by atomic mass is 9.72. The van der Waals surface area contributed by atoms with Gasteiger partial charge in [0.2, 0.25) is 0 Å². The molecule has 0 N–H and O–H groups in total. The average Bonchev–Trinajstić information content (AvgIpc) is 4.11. The Morgan fingerprint density at radius 3 is 1.47 bits per heavy atom. The highest BCUT2D eigenvalue weighted by Gasteiger charge is 2.49. The van der Waals surface area contributed by atoms with E-state index in [0.29, 0.717) is 0 Å². The minimum absolute atomic E-state index is 0.192. The Labute approximate surface area is 436 Å². The molecule has 2 nitrogen and oxygen atoms in total. The van der Waals surface area contributed by atoms with Gasteiger partial charge in [-0.1, -0.05) is 174 Å². The molecule has 11 aromatic rings. The first-order valence-electron chi connectivity index (χ1n) is 27.0. The molecule has 0 spiro atoms. The first-order chi connectivity index (χ1) is 35.4. The van der Waals surface area contributed by atoms with Crippen molar-refractivity contribution >= 4 is 43.9 Å². The first kappa shape index (κ1) is 45.2. The highest BCUT2D eigenvalue weighted by atomic mass is 16.3. The van der Waals surface area contributed by atoms with Crippen molar-refractivity contribution in [2.45, 2.75) is 118 Å². The monoisotopic (exact) mass is 960 g/mol. The second kappa shape index (κ2) is 15.3. The van der Waals surface area contributed by atoms with Gasteiger partial charge in [0, 0.05) is 48.9 Å². The lowest BCUT2D eigenvalue weighted by Gasteiger charge is -2.31. The van der Waals surface area contributed by atoms with Crippen molar-refractivity contribution in [2.24, 2.45) is 0 Å². The van der Waals surface area contributed by atoms with Gasteiger partial charge in [-0.2, -0.15) is 0 Å². The summed E-state index contributed by atoms with van der Waals surface area (Å²) in [4.78, 5) is 0. The molecule has 0 saturated carbocycles. The molecule has 0 bridgehead atoms. The van der Waals surface area contributed by atoms with Gasteiger partial charge in [-0.15, -0.1) is 0 Å². The van der Waals surface area contributed by atoms with E-state index < -0.39 is 0 Å². The second-order valence-electron chi connectivity index (χ2n) is 24.3. The third-order valence-electron chi connectivity index (χ3n) is 18.4. The molecule has 74 heavy (non-hydrogen) atoms. The predicted molar refractivity (Wildman–Crippen MR) is 311 cm³/mol. The highest BCUT2D eigenvalue weighted by molar-refractivity contribution is 6.21. The predicted octanol–water partition coefficient (Wildman–Crippen LogP) is 19.5. The Bertz CT molecular complexity index is 4240. The molecule has 1 atom stereocenters. The summed E-state index contributed by atoms with van der Waals surface area (Å²) in [5.74, 6) is 0.260. The van der Waals surface area contributed by atoms with Crippen LogP contribution < -0.4 is 0 Å². The van der Waals surface area contributed by atoms with Gasteiger partial charge >= 0.3 is 0 Å². The Morgan fingerprint density at radius 2 is 0.851 bits per heavy atom. The van der Waals surface area contributed by atoms with Crippen molar-refractivity contribution in [3.8, 4) is 44.5 Å². The highest BCUT2D eigenvalue weighted by Crippen LogP contribution is 2.63. The summed E-state index contributed by atoms with van der Waals surface area (Å²) in [6, 6.07) is 53.2. The van der Waals surface area contributed by atoms with Crippen molar-refractivity contribution < 1.29 is 8.83 Å². The van der Waals surface area contributed by atoms with Crippen LogP contribution in [0.2, 0.25) is 0 Å². The van der Waals surface area contributed by atoms with Crippen LogP contribution in [-0.4, -0.2) is 0 Å². The van der Waals surface area contributed by atoms with Crippen LogP contribution in [-0.2, 0) is 29.1 Å². The summed E-state index contributed by atoms with van der Waals surface area (Å²) in [5, 5.41) is 4.87. The maximum Gasteiger partial charge on any atom is 0.144 e. The van der Waals surface area contributed by atoms with E-state index in [2.05, 4.69) is 223 Å². The molecule has 3 aliphatic rings. The van der Waals surface area contributed by atoms with Gasteiger partial charge in [-0.25, -0.2) is 0 Å². The number of benzene rings is 9. The minimum atomic E-state index is -0.245. The topological polar surface area (TPSA) is 26.3 Å². The van der Waals surface area contributed by atoms with Crippen molar-refractivity contribution in [3.05, 3.63) is 223 Å². The number of aryl methyl sites for hydroxylation is 6. The zero-order valence-electron chi connectivity index (χ0n) is 45.1. The van der Waals surface area contributed by atoms with E-state index in [1.165, 1.54) is 150 Å². The second-order valence-corrected chi connectivity index (χ2v) is 24.3. The molecule has 2 heteroatoms. The lowest BCUT2D eigenvalue weighted by molar-refractivity contribution is 0.598. The van der Waals surface area contributed by atoms with Gasteiger partial charge in [0.15, 0.2) is 0 Å². The standard InChI is InChI=1S/C72H64O2/c1-38-29-40(3)59(41(4)30-38)46(33-44-25-27-48-54(35-44)70(7,8)56-37-52(60-42(5)31-39(2)32-43(60)6)68-63(61(48)56)50-20-14-17-23-57(50)73-68)34-45-26-28-49-55(36-45)72(11,12)66-62(49)64-51-21-15-18-24-58(51)74-69(64)65-47-19-13-16-22-53(47)71(9,10)67(65)66/h13-32,35-37,46H,33-34H2,1-12H3. The third kappa shape index (κ3) is 6.06. The van der Waals surface area contributed by atoms with Crippen molar-refractivity contribution in [1.29, 1.82) is 0 Å². The van der Waals surface area contributed by atoms with E-state index in [-0.39, 0.29) is 22.2 Å². The molecule has 14 rings (SSSR count). The number of hydrogen-bond donors (Lipinski definition) is 0. The fourth-order valence-electron chi connectivity index (χ4n) is 15.4. The largest absolute Gasteiger partial charge is 0.455 e. The fraction of sp³-hybridized carbons (Fsp3) is 0.250. The van der Waals surface area contributed by atoms with E-state index in [1.807, 2.05) is 0 Å². The number of hydrogen-bond acceptors (Lipinski definition) is 2. The maximum absolute atomic E-state index is 6.99. The molecule has 2 heterocycles. The van der Waals surface area contributed by atoms with Gasteiger partial charge in [0.1, 0.15) is 22.3 Å². The van der Waals surface area contributed by atoms with Gasteiger partial charge in [0.25, 0.3) is 0 Å². The van der Waals surface area contributed by atoms with Crippen LogP contribution in [0.1, 0.15) is 131 Å². The van der Waals surface area contributed by atoms with Crippen LogP contribution in [0.4, 0.5) is 0 Å². The zero-order valence-corrected chi connectivity index (χ0v) is 45.1. The van der Waals surface area contributed by atoms with E-state index in [1.54, 1.807) is 0 Å². The van der Waals surface area contributed by atoms with E-state index in [0.717, 1.165) is 35.2 Å². The molecule has 364 valence electrons. The molecule has 0 saturated heterocycles. The Hall–Kier alpha value is -7.42. The van der Waals surface area contributed by atoms with Crippen molar-refractivity contribution in [3.63, 3.8) is 0 Å². The number of rotatable bonds is 6. The molecule has 9 aromatic carbocycles. The Morgan fingerprint density at radius 1 is 0.378 bits per heavy atom. The van der Waals surface area contributed by atoms with Crippen molar-refractivity contribution in [1.82, 2.24) is 0 Å². The fourth-order valence-corrected chi connectivity index (χ4v) is 15.4. The van der Waals surface area contributed by atoms with E-state index in [4.69, 9.17) is 8.83 Å². The Balaban J connectivity index is 0.904. The summed E-state index contributed by atoms with van der Waals surface area (Å²) in [6.45, 7) is 28.3. The van der Waals surface area contributed by atoms with E-state index in [9.17, 15) is 0 Å². The number of para-hydroxylation sites is 2. The van der Waals surface area contributed by atoms with Crippen molar-refractivity contribution in [2.75, 3.05) is 0 Å². The minimum Gasteiger partial charge on any atom is -0.455 e. The van der Waals surface area contributed by atoms with Gasteiger partial charge in [0.05, 0.1) is 0 Å². The maximum atomic E-state index is 6.99. The molecule has 0 radical (unpaired) electrons. The van der Waals surface area contributed by atoms with Crippen LogP contribution >= 0.6 is 0 Å². The summed E-state index contributed by atoms with van der Waals surface area (Å²) >= 11 is 0. The summed E-state index contributed by atoms with van der Waals surface area (Å²) < 4.78 is 13.9. The molecule has 0 fully saturated rings. The zero-order chi connectivity index (χ0) is 51.1. The number of fused-ring (bicyclic) bond motifs is 19. The Kier molecular flexibility index (Phi) is 9.37. The average molecular weight is 961 g/mol. The first-order valence-corrected chi connectivity index (χ1v) is 27.0. The summed E-state index contributed by atoms with van der Waals surface area (Å²) in [5.41, 5.74) is 34.3. The van der Waals surface area contributed by atoms with Crippen LogP contribution in [0.25, 0.3) is 88.4 Å². The molecule has 3 aliphatic carbocycles. The summed E-state index contributed by atoms with van der Waals surface area (Å²) in [6.07, 6.45) is 1.87. The SMILES string of the molecule is Cc1cc(C)c(-c2cc3c(c4c2oc2ccccc24)-c2ccc(CC(Cc4ccc5c(c4)C(C)(C)c4c6c(c7oc8ccccc8c7c4-5)-c4ccccc4C6(C)C)c4c(C)cc(C)cc4C)cc2C3(C)C)c(C)c1. The molecular weight excluding hydrogens is 897 g/mol. The lowest BCUT2D eigenvalue weighted by Crippen LogP contribution is -2.24. The van der Waals surface area contributed by atoms with Crippen LogP contribution in [0.5, 0.6) is 0 Å². The van der Waals surface area contributed by atoms with Crippen LogP contribution in [0.15, 0.2) is 148 Å². The quantitative estimate of drug-likeness (QED) is 0.166. The van der Waals surface area contributed by atoms with Gasteiger partial charge < -0.3 is 8.83 Å². The van der Waals surface area contributed by atoms with Crippen LogP contribution in [0.3, 0.4) is 0 Å². The molecular formula is C72H64O2. The smallest absolute Gasteiger partial charge is 0.144 e. The number of furan rings is 2.